The zero-order chi connectivity index (χ0) is 15.2. The highest BCUT2D eigenvalue weighted by molar-refractivity contribution is 5.65. The van der Waals surface area contributed by atoms with Gasteiger partial charge in [-0.15, -0.1) is 0 Å². The van der Waals surface area contributed by atoms with Crippen molar-refractivity contribution in [3.05, 3.63) is 0 Å². The molecule has 0 rings (SSSR count). The summed E-state index contributed by atoms with van der Waals surface area (Å²) in [6, 6.07) is 0. The average molecular weight is 266 g/mol. The van der Waals surface area contributed by atoms with E-state index in [4.69, 9.17) is 10.2 Å². The summed E-state index contributed by atoms with van der Waals surface area (Å²) >= 11 is 0. The van der Waals surface area contributed by atoms with Gasteiger partial charge in [0.1, 0.15) is 0 Å². The number of aliphatic hydroxyl groups is 2. The molecule has 0 aliphatic carbocycles. The molecule has 0 amide bonds. The van der Waals surface area contributed by atoms with Crippen LogP contribution >= 0.6 is 0 Å². The first kappa shape index (κ1) is 26.1. The third-order valence-electron chi connectivity index (χ3n) is 1.55. The van der Waals surface area contributed by atoms with Gasteiger partial charge in [0.2, 0.25) is 0 Å². The Morgan fingerprint density at radius 3 is 1.39 bits per heavy atom. The SMILES string of the molecule is CCCCCCC.CCO.CCOC(C)=O.CO. The second-order valence-corrected chi connectivity index (χ2v) is 3.30. The fraction of sp³-hybridized carbons (Fsp3) is 0.929. The molecule has 0 fully saturated rings. The zero-order valence-electron chi connectivity index (χ0n) is 13.2. The van der Waals surface area contributed by atoms with Crippen molar-refractivity contribution >= 4 is 5.97 Å². The molecule has 0 spiro atoms. The predicted molar refractivity (Wildman–Crippen MR) is 77.6 cm³/mol. The second kappa shape index (κ2) is 36.0. The van der Waals surface area contributed by atoms with Gasteiger partial charge in [-0.2, -0.15) is 0 Å². The van der Waals surface area contributed by atoms with E-state index >= 15 is 0 Å². The van der Waals surface area contributed by atoms with Crippen LogP contribution in [0.3, 0.4) is 0 Å². The van der Waals surface area contributed by atoms with Crippen LogP contribution in [0.15, 0.2) is 0 Å². The summed E-state index contributed by atoms with van der Waals surface area (Å²) in [5.74, 6) is -0.211. The minimum Gasteiger partial charge on any atom is -0.466 e. The van der Waals surface area contributed by atoms with E-state index in [2.05, 4.69) is 18.6 Å². The van der Waals surface area contributed by atoms with Crippen molar-refractivity contribution in [2.45, 2.75) is 66.7 Å². The molecule has 2 N–H and O–H groups in total. The van der Waals surface area contributed by atoms with Gasteiger partial charge in [-0.05, 0) is 13.8 Å². The predicted octanol–water partition coefficient (Wildman–Crippen LogP) is 3.15. The molecule has 18 heavy (non-hydrogen) atoms. The molecule has 0 aromatic rings. The minimum atomic E-state index is -0.211. The lowest BCUT2D eigenvalue weighted by Gasteiger charge is -1.90. The molecule has 114 valence electrons. The summed E-state index contributed by atoms with van der Waals surface area (Å²) in [6.45, 7) is 10.1. The summed E-state index contributed by atoms with van der Waals surface area (Å²) in [4.78, 5) is 9.82. The molecule has 0 unspecified atom stereocenters. The van der Waals surface area contributed by atoms with Gasteiger partial charge in [-0.1, -0.05) is 46.0 Å². The molecular formula is C14H34O4. The first-order valence-electron chi connectivity index (χ1n) is 6.79. The molecule has 0 aliphatic heterocycles. The first-order chi connectivity index (χ1) is 8.60. The normalized spacial score (nSPS) is 7.56. The van der Waals surface area contributed by atoms with Gasteiger partial charge >= 0.3 is 5.97 Å². The molecule has 0 bridgehead atoms. The molecule has 0 atom stereocenters. The number of esters is 1. The Hall–Kier alpha value is -0.610. The first-order valence-corrected chi connectivity index (χ1v) is 6.79. The van der Waals surface area contributed by atoms with Crippen LogP contribution in [0.1, 0.15) is 66.7 Å². The summed E-state index contributed by atoms with van der Waals surface area (Å²) in [7, 11) is 1.00. The van der Waals surface area contributed by atoms with Gasteiger partial charge < -0.3 is 14.9 Å². The van der Waals surface area contributed by atoms with E-state index in [0.717, 1.165) is 7.11 Å². The Morgan fingerprint density at radius 2 is 1.28 bits per heavy atom. The van der Waals surface area contributed by atoms with Crippen LogP contribution in [0.25, 0.3) is 0 Å². The van der Waals surface area contributed by atoms with Crippen molar-refractivity contribution in [3.63, 3.8) is 0 Å². The molecule has 0 aliphatic rings. The van der Waals surface area contributed by atoms with E-state index in [1.165, 1.54) is 39.0 Å². The van der Waals surface area contributed by atoms with Crippen LogP contribution in [-0.2, 0) is 9.53 Å². The van der Waals surface area contributed by atoms with Gasteiger partial charge in [0.05, 0.1) is 6.61 Å². The molecule has 0 saturated carbocycles. The van der Waals surface area contributed by atoms with Gasteiger partial charge in [0.25, 0.3) is 0 Å². The number of carbonyl (C=O) groups excluding carboxylic acids is 1. The zero-order valence-corrected chi connectivity index (χ0v) is 13.2. The van der Waals surface area contributed by atoms with Crippen molar-refractivity contribution in [3.8, 4) is 0 Å². The number of carbonyl (C=O) groups is 1. The molecule has 0 aromatic carbocycles. The molecule has 0 heterocycles. The maximum absolute atomic E-state index is 9.82. The number of hydrogen-bond donors (Lipinski definition) is 2. The number of aliphatic hydroxyl groups excluding tert-OH is 2. The van der Waals surface area contributed by atoms with Gasteiger partial charge in [0, 0.05) is 20.6 Å². The molecular weight excluding hydrogens is 232 g/mol. The van der Waals surface area contributed by atoms with Gasteiger partial charge in [0.15, 0.2) is 0 Å². The number of hydrogen-bond acceptors (Lipinski definition) is 4. The molecule has 0 saturated heterocycles. The monoisotopic (exact) mass is 266 g/mol. The van der Waals surface area contributed by atoms with Gasteiger partial charge in [-0.25, -0.2) is 0 Å². The van der Waals surface area contributed by atoms with Crippen LogP contribution < -0.4 is 0 Å². The van der Waals surface area contributed by atoms with E-state index in [9.17, 15) is 4.79 Å². The highest BCUT2D eigenvalue weighted by Gasteiger charge is 1.81. The van der Waals surface area contributed by atoms with Crippen molar-refractivity contribution in [1.29, 1.82) is 0 Å². The largest absolute Gasteiger partial charge is 0.466 e. The fourth-order valence-electron chi connectivity index (χ4n) is 0.880. The number of ether oxygens (including phenoxy) is 1. The lowest BCUT2D eigenvalue weighted by Crippen LogP contribution is -1.95. The van der Waals surface area contributed by atoms with Crippen LogP contribution in [0.5, 0.6) is 0 Å². The topological polar surface area (TPSA) is 66.8 Å². The number of unbranched alkanes of at least 4 members (excludes halogenated alkanes) is 4. The van der Waals surface area contributed by atoms with Crippen molar-refractivity contribution in [2.24, 2.45) is 0 Å². The summed E-state index contributed by atoms with van der Waals surface area (Å²) < 4.78 is 4.40. The molecule has 0 aromatic heterocycles. The van der Waals surface area contributed by atoms with E-state index in [-0.39, 0.29) is 12.6 Å². The van der Waals surface area contributed by atoms with Crippen molar-refractivity contribution < 1.29 is 19.7 Å². The maximum atomic E-state index is 9.82. The Bertz CT molecular complexity index is 112. The second-order valence-electron chi connectivity index (χ2n) is 3.30. The lowest BCUT2D eigenvalue weighted by molar-refractivity contribution is -0.140. The Kier molecular flexibility index (Phi) is 52.1. The quantitative estimate of drug-likeness (QED) is 0.592. The fourth-order valence-corrected chi connectivity index (χ4v) is 0.880. The maximum Gasteiger partial charge on any atom is 0.302 e. The van der Waals surface area contributed by atoms with Crippen molar-refractivity contribution in [2.75, 3.05) is 20.3 Å². The highest BCUT2D eigenvalue weighted by Crippen LogP contribution is 2.00. The van der Waals surface area contributed by atoms with Crippen LogP contribution in [0, 0.1) is 0 Å². The van der Waals surface area contributed by atoms with Crippen molar-refractivity contribution in [1.82, 2.24) is 0 Å². The molecule has 4 heteroatoms. The van der Waals surface area contributed by atoms with Crippen LogP contribution in [0.2, 0.25) is 0 Å². The third kappa shape index (κ3) is 78.0. The smallest absolute Gasteiger partial charge is 0.302 e. The van der Waals surface area contributed by atoms with Gasteiger partial charge in [-0.3, -0.25) is 4.79 Å². The van der Waals surface area contributed by atoms with E-state index < -0.39 is 0 Å². The average Bonchev–Trinajstić information content (AvgIpc) is 2.34. The number of rotatable bonds is 5. The van der Waals surface area contributed by atoms with Crippen LogP contribution in [0.4, 0.5) is 0 Å². The summed E-state index contributed by atoms with van der Waals surface area (Å²) in [5.41, 5.74) is 0. The summed E-state index contributed by atoms with van der Waals surface area (Å²) in [6.07, 6.45) is 7.01. The Labute approximate surface area is 113 Å². The standard InChI is InChI=1S/C7H16.C4H8O2.C2H6O.CH4O/c1-3-5-7-6-4-2;1-3-6-4(2)5;1-2-3;1-2/h3-7H2,1-2H3;3H2,1-2H3;3H,2H2,1H3;2H,1H3. The van der Waals surface area contributed by atoms with Crippen LogP contribution in [-0.4, -0.2) is 36.5 Å². The lowest BCUT2D eigenvalue weighted by atomic mass is 10.2. The summed E-state index contributed by atoms with van der Waals surface area (Å²) in [5, 5.41) is 14.6. The van der Waals surface area contributed by atoms with E-state index in [1.54, 1.807) is 13.8 Å². The third-order valence-corrected chi connectivity index (χ3v) is 1.55. The highest BCUT2D eigenvalue weighted by atomic mass is 16.5. The van der Waals surface area contributed by atoms with E-state index in [1.807, 2.05) is 0 Å². The Morgan fingerprint density at radius 1 is 0.944 bits per heavy atom. The minimum absolute atomic E-state index is 0.211. The van der Waals surface area contributed by atoms with E-state index in [0.29, 0.717) is 6.61 Å². The Balaban J connectivity index is -0.0000000811. The molecule has 4 nitrogen and oxygen atoms in total. The molecule has 0 radical (unpaired) electrons.